The predicted octanol–water partition coefficient (Wildman–Crippen LogP) is 2.68. The molecule has 8 nitrogen and oxygen atoms in total. The van der Waals surface area contributed by atoms with Crippen LogP contribution in [0.25, 0.3) is 0 Å². The number of hydrogen-bond acceptors (Lipinski definition) is 5. The Morgan fingerprint density at radius 3 is 2.43 bits per heavy atom. The molecule has 0 aliphatic carbocycles. The lowest BCUT2D eigenvalue weighted by Crippen LogP contribution is -2.45. The van der Waals surface area contributed by atoms with Crippen LogP contribution in [-0.2, 0) is 4.79 Å². The Bertz CT molecular complexity index is 937. The molecule has 146 valence electrons. The van der Waals surface area contributed by atoms with Gasteiger partial charge in [-0.2, -0.15) is 0 Å². The first-order valence-corrected chi connectivity index (χ1v) is 8.53. The Morgan fingerprint density at radius 1 is 1.11 bits per heavy atom. The number of methoxy groups -OCH3 is 2. The highest BCUT2D eigenvalue weighted by atomic mass is 16.5. The summed E-state index contributed by atoms with van der Waals surface area (Å²) in [6.45, 7) is 1.65. The molecule has 8 heteroatoms. The maximum Gasteiger partial charge on any atom is 0.319 e. The van der Waals surface area contributed by atoms with E-state index >= 15 is 0 Å². The topological polar surface area (TPSA) is 109 Å². The van der Waals surface area contributed by atoms with E-state index < -0.39 is 12.1 Å². The molecule has 4 N–H and O–H groups in total. The minimum absolute atomic E-state index is 0.0830. The summed E-state index contributed by atoms with van der Waals surface area (Å²) in [5, 5.41) is 18.2. The molecule has 0 saturated heterocycles. The second kappa shape index (κ2) is 7.91. The number of phenols is 1. The number of rotatable bonds is 5. The SMILES string of the molecule is COc1ccc(NC(=O)C2=C(C)NC(=O)N[C@@H]2c2ccc(OC)c(O)c2)cc1. The van der Waals surface area contributed by atoms with Gasteiger partial charge in [0, 0.05) is 11.4 Å². The molecule has 1 atom stereocenters. The lowest BCUT2D eigenvalue weighted by Gasteiger charge is -2.29. The number of carbonyl (C=O) groups is 2. The van der Waals surface area contributed by atoms with E-state index in [1.165, 1.54) is 13.2 Å². The molecule has 0 spiro atoms. The van der Waals surface area contributed by atoms with Gasteiger partial charge in [-0.1, -0.05) is 6.07 Å². The summed E-state index contributed by atoms with van der Waals surface area (Å²) in [6.07, 6.45) is 0. The standard InChI is InChI=1S/C20H21N3O5/c1-11-17(19(25)22-13-5-7-14(27-2)8-6-13)18(23-20(26)21-11)12-4-9-16(28-3)15(24)10-12/h4-10,18,24H,1-3H3,(H,22,25)(H2,21,23,26)/t18-/m1/s1. The molecular weight excluding hydrogens is 362 g/mol. The molecule has 0 radical (unpaired) electrons. The number of anilines is 1. The highest BCUT2D eigenvalue weighted by molar-refractivity contribution is 6.06. The van der Waals surface area contributed by atoms with Crippen LogP contribution in [-0.4, -0.2) is 31.3 Å². The minimum Gasteiger partial charge on any atom is -0.504 e. The Morgan fingerprint density at radius 2 is 1.82 bits per heavy atom. The Balaban J connectivity index is 1.92. The number of nitrogens with one attached hydrogen (secondary N) is 3. The third-order valence-corrected chi connectivity index (χ3v) is 4.40. The first kappa shape index (κ1) is 19.1. The van der Waals surface area contributed by atoms with Crippen LogP contribution in [0.3, 0.4) is 0 Å². The van der Waals surface area contributed by atoms with Gasteiger partial charge in [-0.05, 0) is 48.9 Å². The summed E-state index contributed by atoms with van der Waals surface area (Å²) in [5.74, 6) is 0.511. The van der Waals surface area contributed by atoms with Crippen molar-refractivity contribution in [3.05, 3.63) is 59.3 Å². The summed E-state index contributed by atoms with van der Waals surface area (Å²) in [6, 6.07) is 10.5. The minimum atomic E-state index is -0.733. The van der Waals surface area contributed by atoms with Gasteiger partial charge in [0.15, 0.2) is 11.5 Å². The summed E-state index contributed by atoms with van der Waals surface area (Å²) in [4.78, 5) is 24.9. The fraction of sp³-hybridized carbons (Fsp3) is 0.200. The zero-order valence-corrected chi connectivity index (χ0v) is 15.7. The van der Waals surface area contributed by atoms with E-state index in [-0.39, 0.29) is 11.7 Å². The molecule has 2 aromatic rings. The number of urea groups is 1. The molecule has 28 heavy (non-hydrogen) atoms. The van der Waals surface area contributed by atoms with Crippen LogP contribution in [0, 0.1) is 0 Å². The molecule has 1 heterocycles. The van der Waals surface area contributed by atoms with Gasteiger partial charge in [0.05, 0.1) is 25.8 Å². The third kappa shape index (κ3) is 3.85. The number of benzene rings is 2. The van der Waals surface area contributed by atoms with E-state index in [2.05, 4.69) is 16.0 Å². The molecule has 0 aromatic heterocycles. The van der Waals surface area contributed by atoms with Crippen LogP contribution in [0.2, 0.25) is 0 Å². The Kier molecular flexibility index (Phi) is 5.39. The van der Waals surface area contributed by atoms with Crippen molar-refractivity contribution >= 4 is 17.6 Å². The maximum atomic E-state index is 13.0. The molecule has 3 rings (SSSR count). The van der Waals surface area contributed by atoms with Gasteiger partial charge >= 0.3 is 6.03 Å². The van der Waals surface area contributed by atoms with Gasteiger partial charge in [0.2, 0.25) is 0 Å². The molecule has 0 unspecified atom stereocenters. The fourth-order valence-corrected chi connectivity index (χ4v) is 3.00. The van der Waals surface area contributed by atoms with Crippen molar-refractivity contribution in [1.82, 2.24) is 10.6 Å². The highest BCUT2D eigenvalue weighted by Gasteiger charge is 2.31. The van der Waals surface area contributed by atoms with Crippen LogP contribution >= 0.6 is 0 Å². The lowest BCUT2D eigenvalue weighted by atomic mass is 9.94. The van der Waals surface area contributed by atoms with Crippen molar-refractivity contribution in [3.8, 4) is 17.2 Å². The summed E-state index contributed by atoms with van der Waals surface area (Å²) >= 11 is 0. The highest BCUT2D eigenvalue weighted by Crippen LogP contribution is 2.33. The second-order valence-corrected chi connectivity index (χ2v) is 6.18. The van der Waals surface area contributed by atoms with Gasteiger partial charge in [-0.25, -0.2) is 4.79 Å². The average molecular weight is 383 g/mol. The predicted molar refractivity (Wildman–Crippen MR) is 103 cm³/mol. The first-order valence-electron chi connectivity index (χ1n) is 8.53. The summed E-state index contributed by atoms with van der Waals surface area (Å²) in [5.41, 5.74) is 1.89. The number of carbonyl (C=O) groups excluding carboxylic acids is 2. The van der Waals surface area contributed by atoms with Crippen molar-refractivity contribution in [1.29, 1.82) is 0 Å². The van der Waals surface area contributed by atoms with Gasteiger partial charge in [-0.15, -0.1) is 0 Å². The monoisotopic (exact) mass is 383 g/mol. The van der Waals surface area contributed by atoms with Crippen molar-refractivity contribution in [2.24, 2.45) is 0 Å². The number of phenolic OH excluding ortho intramolecular Hbond substituents is 1. The molecule has 1 aliphatic heterocycles. The number of hydrogen-bond donors (Lipinski definition) is 4. The number of aromatic hydroxyl groups is 1. The van der Waals surface area contributed by atoms with E-state index in [1.54, 1.807) is 50.4 Å². The normalized spacial score (nSPS) is 16.1. The van der Waals surface area contributed by atoms with Crippen molar-refractivity contribution in [2.75, 3.05) is 19.5 Å². The van der Waals surface area contributed by atoms with Crippen molar-refractivity contribution in [3.63, 3.8) is 0 Å². The van der Waals surface area contributed by atoms with Crippen LogP contribution in [0.15, 0.2) is 53.7 Å². The first-order chi connectivity index (χ1) is 13.4. The number of amides is 3. The van der Waals surface area contributed by atoms with Crippen LogP contribution in [0.1, 0.15) is 18.5 Å². The Hall–Kier alpha value is -3.68. The van der Waals surface area contributed by atoms with Gasteiger partial charge in [0.25, 0.3) is 5.91 Å². The smallest absolute Gasteiger partial charge is 0.319 e. The van der Waals surface area contributed by atoms with Gasteiger partial charge in [-0.3, -0.25) is 4.79 Å². The Labute approximate surface area is 162 Å². The van der Waals surface area contributed by atoms with Crippen molar-refractivity contribution in [2.45, 2.75) is 13.0 Å². The molecule has 0 bridgehead atoms. The zero-order valence-electron chi connectivity index (χ0n) is 15.7. The third-order valence-electron chi connectivity index (χ3n) is 4.40. The van der Waals surface area contributed by atoms with E-state index in [0.29, 0.717) is 34.0 Å². The molecule has 3 amide bonds. The van der Waals surface area contributed by atoms with Gasteiger partial charge < -0.3 is 30.5 Å². The largest absolute Gasteiger partial charge is 0.504 e. The zero-order chi connectivity index (χ0) is 20.3. The second-order valence-electron chi connectivity index (χ2n) is 6.18. The summed E-state index contributed by atoms with van der Waals surface area (Å²) < 4.78 is 10.2. The van der Waals surface area contributed by atoms with E-state index in [9.17, 15) is 14.7 Å². The number of ether oxygens (including phenoxy) is 2. The quantitative estimate of drug-likeness (QED) is 0.635. The average Bonchev–Trinajstić information content (AvgIpc) is 2.67. The lowest BCUT2D eigenvalue weighted by molar-refractivity contribution is -0.113. The van der Waals surface area contributed by atoms with Gasteiger partial charge in [0.1, 0.15) is 5.75 Å². The van der Waals surface area contributed by atoms with E-state index in [1.807, 2.05) is 0 Å². The van der Waals surface area contributed by atoms with E-state index in [4.69, 9.17) is 9.47 Å². The van der Waals surface area contributed by atoms with Crippen LogP contribution < -0.4 is 25.4 Å². The number of allylic oxidation sites excluding steroid dienone is 1. The van der Waals surface area contributed by atoms with Crippen molar-refractivity contribution < 1.29 is 24.2 Å². The molecular formula is C20H21N3O5. The molecule has 1 aliphatic rings. The summed E-state index contributed by atoms with van der Waals surface area (Å²) in [7, 11) is 3.01. The fourth-order valence-electron chi connectivity index (χ4n) is 3.00. The van der Waals surface area contributed by atoms with Crippen LogP contribution in [0.5, 0.6) is 17.2 Å². The van der Waals surface area contributed by atoms with E-state index in [0.717, 1.165) is 0 Å². The van der Waals surface area contributed by atoms with Crippen LogP contribution in [0.4, 0.5) is 10.5 Å². The molecule has 0 fully saturated rings. The maximum absolute atomic E-state index is 13.0. The molecule has 2 aromatic carbocycles. The molecule has 0 saturated carbocycles.